The molecule has 2 aromatic heterocycles. The van der Waals surface area contributed by atoms with Crippen molar-refractivity contribution in [2.45, 2.75) is 12.2 Å². The number of nitrogens with two attached hydrogens (primary N) is 1. The standard InChI is InChI=1S/C15H15NO3S/c16-8-7-15(17,13-5-2-10-20-13)19-12-4-1-3-11-6-9-18-14(11)12/h1-6,9-10,17H,7-8,16H2. The second-order valence-corrected chi connectivity index (χ2v) is 5.45. The highest BCUT2D eigenvalue weighted by atomic mass is 32.1. The van der Waals surface area contributed by atoms with Crippen LogP contribution in [0.15, 0.2) is 52.5 Å². The Morgan fingerprint density at radius 3 is 2.90 bits per heavy atom. The molecule has 3 aromatic rings. The summed E-state index contributed by atoms with van der Waals surface area (Å²) in [4.78, 5) is 0.728. The van der Waals surface area contributed by atoms with Gasteiger partial charge in [0.25, 0.3) is 0 Å². The normalized spacial score (nSPS) is 14.3. The van der Waals surface area contributed by atoms with Crippen molar-refractivity contribution in [3.05, 3.63) is 52.9 Å². The molecule has 0 aliphatic carbocycles. The van der Waals surface area contributed by atoms with Crippen molar-refractivity contribution in [3.8, 4) is 5.75 Å². The fraction of sp³-hybridized carbons (Fsp3) is 0.200. The lowest BCUT2D eigenvalue weighted by molar-refractivity contribution is -0.146. The number of para-hydroxylation sites is 1. The number of hydrogen-bond acceptors (Lipinski definition) is 5. The van der Waals surface area contributed by atoms with E-state index < -0.39 is 5.79 Å². The molecular formula is C15H15NO3S. The Morgan fingerprint density at radius 2 is 2.15 bits per heavy atom. The van der Waals surface area contributed by atoms with Crippen LogP contribution in [-0.4, -0.2) is 11.7 Å². The molecule has 4 nitrogen and oxygen atoms in total. The van der Waals surface area contributed by atoms with Crippen LogP contribution in [0.2, 0.25) is 0 Å². The first-order valence-corrected chi connectivity index (χ1v) is 7.22. The summed E-state index contributed by atoms with van der Waals surface area (Å²) >= 11 is 1.44. The maximum atomic E-state index is 10.8. The molecule has 3 N–H and O–H groups in total. The number of hydrogen-bond donors (Lipinski definition) is 2. The summed E-state index contributed by atoms with van der Waals surface area (Å²) in [6.07, 6.45) is 1.91. The molecule has 1 atom stereocenters. The van der Waals surface area contributed by atoms with Crippen LogP contribution in [0.1, 0.15) is 11.3 Å². The number of thiophene rings is 1. The summed E-state index contributed by atoms with van der Waals surface area (Å²) in [5.74, 6) is -0.916. The zero-order valence-electron chi connectivity index (χ0n) is 10.8. The first kappa shape index (κ1) is 13.2. The van der Waals surface area contributed by atoms with Gasteiger partial charge in [0.15, 0.2) is 11.3 Å². The third-order valence-electron chi connectivity index (χ3n) is 3.11. The van der Waals surface area contributed by atoms with Gasteiger partial charge in [-0.15, -0.1) is 11.3 Å². The van der Waals surface area contributed by atoms with Crippen LogP contribution in [-0.2, 0) is 5.79 Å². The molecular weight excluding hydrogens is 274 g/mol. The number of fused-ring (bicyclic) bond motifs is 1. The van der Waals surface area contributed by atoms with E-state index in [1.165, 1.54) is 11.3 Å². The zero-order valence-corrected chi connectivity index (χ0v) is 11.6. The van der Waals surface area contributed by atoms with Gasteiger partial charge in [0, 0.05) is 11.8 Å². The van der Waals surface area contributed by atoms with E-state index in [0.717, 1.165) is 10.3 Å². The molecule has 0 bridgehead atoms. The molecule has 0 aliphatic rings. The Bertz CT molecular complexity index is 692. The lowest BCUT2D eigenvalue weighted by atomic mass is 10.1. The smallest absolute Gasteiger partial charge is 0.245 e. The Hall–Kier alpha value is -1.82. The first-order valence-electron chi connectivity index (χ1n) is 6.34. The molecule has 20 heavy (non-hydrogen) atoms. The molecule has 3 rings (SSSR count). The Balaban J connectivity index is 2.00. The summed E-state index contributed by atoms with van der Waals surface area (Å²) in [7, 11) is 0. The number of rotatable bonds is 5. The van der Waals surface area contributed by atoms with E-state index >= 15 is 0 Å². The summed E-state index contributed by atoms with van der Waals surface area (Å²) in [6, 6.07) is 11.1. The Kier molecular flexibility index (Phi) is 3.48. The van der Waals surface area contributed by atoms with E-state index in [9.17, 15) is 5.11 Å². The molecule has 0 spiro atoms. The van der Waals surface area contributed by atoms with E-state index in [2.05, 4.69) is 0 Å². The van der Waals surface area contributed by atoms with Crippen molar-refractivity contribution < 1.29 is 14.3 Å². The maximum Gasteiger partial charge on any atom is 0.245 e. The van der Waals surface area contributed by atoms with Gasteiger partial charge in [0.05, 0.1) is 11.1 Å². The average molecular weight is 289 g/mol. The summed E-state index contributed by atoms with van der Waals surface area (Å²) in [6.45, 7) is 0.322. The first-order chi connectivity index (χ1) is 9.73. The van der Waals surface area contributed by atoms with E-state index in [-0.39, 0.29) is 0 Å². The summed E-state index contributed by atoms with van der Waals surface area (Å²) < 4.78 is 11.3. The van der Waals surface area contributed by atoms with Crippen molar-refractivity contribution in [3.63, 3.8) is 0 Å². The van der Waals surface area contributed by atoms with Gasteiger partial charge in [0.2, 0.25) is 5.79 Å². The number of benzene rings is 1. The molecule has 0 aliphatic heterocycles. The second-order valence-electron chi connectivity index (χ2n) is 4.50. The largest absolute Gasteiger partial charge is 0.460 e. The topological polar surface area (TPSA) is 68.6 Å². The quantitative estimate of drug-likeness (QED) is 0.708. The molecule has 0 fully saturated rings. The van der Waals surface area contributed by atoms with Gasteiger partial charge in [-0.25, -0.2) is 0 Å². The molecule has 2 heterocycles. The van der Waals surface area contributed by atoms with Crippen LogP contribution >= 0.6 is 11.3 Å². The molecule has 0 amide bonds. The lowest BCUT2D eigenvalue weighted by Crippen LogP contribution is -2.34. The van der Waals surface area contributed by atoms with Crippen molar-refractivity contribution in [1.82, 2.24) is 0 Å². The average Bonchev–Trinajstić information content (AvgIpc) is 3.11. The highest BCUT2D eigenvalue weighted by molar-refractivity contribution is 7.10. The van der Waals surface area contributed by atoms with Crippen LogP contribution in [0.25, 0.3) is 11.0 Å². The molecule has 0 saturated carbocycles. The zero-order chi connectivity index (χ0) is 14.0. The van der Waals surface area contributed by atoms with Gasteiger partial charge in [0.1, 0.15) is 0 Å². The Morgan fingerprint density at radius 1 is 1.25 bits per heavy atom. The van der Waals surface area contributed by atoms with E-state index in [0.29, 0.717) is 24.3 Å². The van der Waals surface area contributed by atoms with Gasteiger partial charge in [-0.3, -0.25) is 0 Å². The lowest BCUT2D eigenvalue weighted by Gasteiger charge is -2.27. The van der Waals surface area contributed by atoms with Gasteiger partial charge in [-0.1, -0.05) is 18.2 Å². The van der Waals surface area contributed by atoms with E-state index in [1.54, 1.807) is 12.3 Å². The SMILES string of the molecule is NCCC(O)(Oc1cccc2ccoc12)c1cccs1. The monoisotopic (exact) mass is 289 g/mol. The molecule has 104 valence electrons. The number of aliphatic hydroxyl groups is 1. The molecule has 0 radical (unpaired) electrons. The van der Waals surface area contributed by atoms with Crippen LogP contribution < -0.4 is 10.5 Å². The minimum Gasteiger partial charge on any atom is -0.460 e. The van der Waals surface area contributed by atoms with Crippen LogP contribution in [0.3, 0.4) is 0 Å². The van der Waals surface area contributed by atoms with Crippen molar-refractivity contribution >= 4 is 22.3 Å². The van der Waals surface area contributed by atoms with Gasteiger partial charge < -0.3 is 20.0 Å². The summed E-state index contributed by atoms with van der Waals surface area (Å²) in [5.41, 5.74) is 6.23. The van der Waals surface area contributed by atoms with Gasteiger partial charge in [-0.2, -0.15) is 0 Å². The fourth-order valence-electron chi connectivity index (χ4n) is 2.15. The number of furan rings is 1. The van der Waals surface area contributed by atoms with E-state index in [4.69, 9.17) is 14.9 Å². The van der Waals surface area contributed by atoms with Crippen LogP contribution in [0.5, 0.6) is 5.75 Å². The Labute approximate surface area is 120 Å². The molecule has 1 aromatic carbocycles. The van der Waals surface area contributed by atoms with Crippen molar-refractivity contribution in [2.75, 3.05) is 6.54 Å². The maximum absolute atomic E-state index is 10.8. The molecule has 5 heteroatoms. The van der Waals surface area contributed by atoms with Crippen molar-refractivity contribution in [1.29, 1.82) is 0 Å². The minimum atomic E-state index is -1.43. The second kappa shape index (κ2) is 5.28. The van der Waals surface area contributed by atoms with Crippen molar-refractivity contribution in [2.24, 2.45) is 5.73 Å². The third kappa shape index (κ3) is 2.31. The van der Waals surface area contributed by atoms with Crippen LogP contribution in [0, 0.1) is 0 Å². The fourth-order valence-corrected chi connectivity index (χ4v) is 2.94. The minimum absolute atomic E-state index is 0.310. The highest BCUT2D eigenvalue weighted by Gasteiger charge is 2.33. The molecule has 0 saturated heterocycles. The summed E-state index contributed by atoms with van der Waals surface area (Å²) in [5, 5.41) is 13.6. The predicted molar refractivity (Wildman–Crippen MR) is 78.7 cm³/mol. The number of ether oxygens (including phenoxy) is 1. The molecule has 1 unspecified atom stereocenters. The van der Waals surface area contributed by atoms with Gasteiger partial charge >= 0.3 is 0 Å². The predicted octanol–water partition coefficient (Wildman–Crippen LogP) is 3.07. The van der Waals surface area contributed by atoms with Gasteiger partial charge in [-0.05, 0) is 30.1 Å². The third-order valence-corrected chi connectivity index (χ3v) is 4.11. The van der Waals surface area contributed by atoms with E-state index in [1.807, 2.05) is 35.7 Å². The highest BCUT2D eigenvalue weighted by Crippen LogP contribution is 2.35. The van der Waals surface area contributed by atoms with Crippen LogP contribution in [0.4, 0.5) is 0 Å².